The molecular formula is C14H15ClFIN2. The second-order valence-electron chi connectivity index (χ2n) is 5.22. The number of hydrogen-bond acceptors (Lipinski definition) is 1. The lowest BCUT2D eigenvalue weighted by molar-refractivity contribution is 0.223. The summed E-state index contributed by atoms with van der Waals surface area (Å²) in [7, 11) is 0. The first-order chi connectivity index (χ1) is 9.11. The van der Waals surface area contributed by atoms with Crippen molar-refractivity contribution in [3.8, 4) is 0 Å². The van der Waals surface area contributed by atoms with E-state index in [0.29, 0.717) is 21.4 Å². The smallest absolute Gasteiger partial charge is 0.138 e. The van der Waals surface area contributed by atoms with Crippen molar-refractivity contribution in [3.63, 3.8) is 0 Å². The Morgan fingerprint density at radius 1 is 1.53 bits per heavy atom. The Morgan fingerprint density at radius 2 is 2.26 bits per heavy atom. The van der Waals surface area contributed by atoms with Crippen LogP contribution in [0.15, 0.2) is 12.1 Å². The summed E-state index contributed by atoms with van der Waals surface area (Å²) in [4.78, 5) is 4.55. The summed E-state index contributed by atoms with van der Waals surface area (Å²) in [5.41, 5.74) is 1.71. The lowest BCUT2D eigenvalue weighted by atomic mass is 9.80. The van der Waals surface area contributed by atoms with Crippen LogP contribution >= 0.6 is 34.2 Å². The van der Waals surface area contributed by atoms with E-state index in [2.05, 4.69) is 16.5 Å². The molecule has 0 spiro atoms. The molecule has 1 atom stereocenters. The second kappa shape index (κ2) is 5.20. The van der Waals surface area contributed by atoms with E-state index in [0.717, 1.165) is 16.9 Å². The molecule has 0 N–H and O–H groups in total. The van der Waals surface area contributed by atoms with E-state index >= 15 is 0 Å². The fourth-order valence-electron chi connectivity index (χ4n) is 2.82. The molecule has 1 heterocycles. The highest BCUT2D eigenvalue weighted by Gasteiger charge is 2.28. The van der Waals surface area contributed by atoms with E-state index in [1.807, 2.05) is 22.6 Å². The average Bonchev–Trinajstić information content (AvgIpc) is 2.65. The molecule has 1 aromatic heterocycles. The largest absolute Gasteiger partial charge is 0.324 e. The molecule has 0 radical (unpaired) electrons. The van der Waals surface area contributed by atoms with Gasteiger partial charge in [-0.3, -0.25) is 0 Å². The predicted octanol–water partition coefficient (Wildman–Crippen LogP) is 4.88. The number of halogens is 3. The van der Waals surface area contributed by atoms with Crippen LogP contribution in [0.25, 0.3) is 11.0 Å². The van der Waals surface area contributed by atoms with Gasteiger partial charge in [0.05, 0.1) is 20.5 Å². The summed E-state index contributed by atoms with van der Waals surface area (Å²) >= 11 is 8.01. The number of nitrogens with zero attached hydrogens (tertiary/aromatic N) is 2. The van der Waals surface area contributed by atoms with Gasteiger partial charge in [0.25, 0.3) is 0 Å². The zero-order chi connectivity index (χ0) is 13.6. The lowest BCUT2D eigenvalue weighted by Gasteiger charge is -2.33. The van der Waals surface area contributed by atoms with Gasteiger partial charge in [-0.1, -0.05) is 6.42 Å². The molecule has 1 saturated carbocycles. The zero-order valence-corrected chi connectivity index (χ0v) is 13.6. The van der Waals surface area contributed by atoms with E-state index < -0.39 is 0 Å². The fourth-order valence-corrected chi connectivity index (χ4v) is 3.46. The molecule has 102 valence electrons. The highest BCUT2D eigenvalue weighted by molar-refractivity contribution is 14.1. The molecule has 3 rings (SSSR count). The highest BCUT2D eigenvalue weighted by Crippen LogP contribution is 2.38. The summed E-state index contributed by atoms with van der Waals surface area (Å²) in [6.07, 6.45) is 3.79. The van der Waals surface area contributed by atoms with Crippen LogP contribution in [-0.2, 0) is 5.88 Å². The van der Waals surface area contributed by atoms with Gasteiger partial charge < -0.3 is 4.57 Å². The van der Waals surface area contributed by atoms with Crippen molar-refractivity contribution >= 4 is 45.2 Å². The van der Waals surface area contributed by atoms with Crippen LogP contribution in [0.4, 0.5) is 4.39 Å². The predicted molar refractivity (Wildman–Crippen MR) is 84.0 cm³/mol. The molecule has 0 aliphatic heterocycles. The number of rotatable bonds is 3. The molecule has 1 fully saturated rings. The number of imidazole rings is 1. The number of benzene rings is 1. The first kappa shape index (κ1) is 13.6. The van der Waals surface area contributed by atoms with Gasteiger partial charge in [0.15, 0.2) is 0 Å². The number of hydrogen-bond donors (Lipinski definition) is 0. The number of fused-ring (bicyclic) bond motifs is 1. The van der Waals surface area contributed by atoms with Gasteiger partial charge in [-0.2, -0.15) is 0 Å². The van der Waals surface area contributed by atoms with E-state index in [9.17, 15) is 4.39 Å². The molecule has 0 saturated heterocycles. The van der Waals surface area contributed by atoms with Crippen molar-refractivity contribution in [2.45, 2.75) is 38.1 Å². The van der Waals surface area contributed by atoms with Gasteiger partial charge in [-0.15, -0.1) is 11.6 Å². The summed E-state index contributed by atoms with van der Waals surface area (Å²) in [6.45, 7) is 2.19. The summed E-state index contributed by atoms with van der Waals surface area (Å²) < 4.78 is 16.6. The standard InChI is InChI=1S/C14H15ClFIN2/c1-8(9-3-2-4-9)19-13-5-10(16)11(17)6-12(13)18-14(19)7-15/h5-6,8-9H,2-4,7H2,1H3. The van der Waals surface area contributed by atoms with Crippen LogP contribution in [-0.4, -0.2) is 9.55 Å². The Labute approximate surface area is 130 Å². The van der Waals surface area contributed by atoms with E-state index in [1.165, 1.54) is 19.3 Å². The van der Waals surface area contributed by atoms with E-state index in [4.69, 9.17) is 11.6 Å². The highest BCUT2D eigenvalue weighted by atomic mass is 127. The summed E-state index contributed by atoms with van der Waals surface area (Å²) in [6, 6.07) is 3.73. The van der Waals surface area contributed by atoms with Gasteiger partial charge in [-0.05, 0) is 54.3 Å². The monoisotopic (exact) mass is 392 g/mol. The van der Waals surface area contributed by atoms with Crippen molar-refractivity contribution in [1.29, 1.82) is 0 Å². The van der Waals surface area contributed by atoms with Crippen LogP contribution in [0.1, 0.15) is 38.1 Å². The first-order valence-electron chi connectivity index (χ1n) is 6.53. The maximum Gasteiger partial charge on any atom is 0.138 e. The fraction of sp³-hybridized carbons (Fsp3) is 0.500. The Kier molecular flexibility index (Phi) is 3.73. The Bertz CT molecular complexity index is 621. The Hall–Kier alpha value is -0.360. The number of aromatic nitrogens is 2. The summed E-state index contributed by atoms with van der Waals surface area (Å²) in [5.74, 6) is 1.69. The first-order valence-corrected chi connectivity index (χ1v) is 8.15. The average molecular weight is 393 g/mol. The van der Waals surface area contributed by atoms with Crippen LogP contribution in [0.2, 0.25) is 0 Å². The molecule has 1 aliphatic rings. The van der Waals surface area contributed by atoms with Crippen LogP contribution < -0.4 is 0 Å². The molecule has 1 aliphatic carbocycles. The van der Waals surface area contributed by atoms with Crippen molar-refractivity contribution < 1.29 is 4.39 Å². The molecule has 19 heavy (non-hydrogen) atoms. The van der Waals surface area contributed by atoms with Gasteiger partial charge in [0, 0.05) is 12.1 Å². The van der Waals surface area contributed by atoms with Crippen LogP contribution in [0, 0.1) is 15.3 Å². The SMILES string of the molecule is CC(C1CCC1)n1c(CCl)nc2cc(I)c(F)cc21. The van der Waals surface area contributed by atoms with Gasteiger partial charge in [0.1, 0.15) is 11.6 Å². The Morgan fingerprint density at radius 3 is 2.84 bits per heavy atom. The van der Waals surface area contributed by atoms with Crippen LogP contribution in [0.3, 0.4) is 0 Å². The molecule has 0 amide bonds. The molecule has 2 aromatic rings. The van der Waals surface area contributed by atoms with Crippen LogP contribution in [0.5, 0.6) is 0 Å². The van der Waals surface area contributed by atoms with Crippen molar-refractivity contribution in [2.75, 3.05) is 0 Å². The molecule has 0 bridgehead atoms. The molecule has 2 nitrogen and oxygen atoms in total. The molecular weight excluding hydrogens is 378 g/mol. The minimum atomic E-state index is -0.184. The van der Waals surface area contributed by atoms with Gasteiger partial charge >= 0.3 is 0 Å². The van der Waals surface area contributed by atoms with Crippen molar-refractivity contribution in [2.24, 2.45) is 5.92 Å². The van der Waals surface area contributed by atoms with E-state index in [-0.39, 0.29) is 5.82 Å². The second-order valence-corrected chi connectivity index (χ2v) is 6.65. The van der Waals surface area contributed by atoms with Crippen molar-refractivity contribution in [3.05, 3.63) is 27.3 Å². The summed E-state index contributed by atoms with van der Waals surface area (Å²) in [5, 5.41) is 0. The maximum absolute atomic E-state index is 13.8. The normalized spacial score (nSPS) is 17.7. The Balaban J connectivity index is 2.16. The molecule has 1 aromatic carbocycles. The minimum absolute atomic E-state index is 0.184. The number of alkyl halides is 1. The van der Waals surface area contributed by atoms with Gasteiger partial charge in [0.2, 0.25) is 0 Å². The topological polar surface area (TPSA) is 17.8 Å². The van der Waals surface area contributed by atoms with Crippen molar-refractivity contribution in [1.82, 2.24) is 9.55 Å². The third kappa shape index (κ3) is 2.27. The molecule has 5 heteroatoms. The zero-order valence-electron chi connectivity index (χ0n) is 10.7. The van der Waals surface area contributed by atoms with Gasteiger partial charge in [-0.25, -0.2) is 9.37 Å². The third-order valence-corrected chi connectivity index (χ3v) is 5.23. The minimum Gasteiger partial charge on any atom is -0.324 e. The third-order valence-electron chi connectivity index (χ3n) is 4.16. The molecule has 1 unspecified atom stereocenters. The van der Waals surface area contributed by atoms with E-state index in [1.54, 1.807) is 12.1 Å². The quantitative estimate of drug-likeness (QED) is 0.538. The lowest BCUT2D eigenvalue weighted by Crippen LogP contribution is -2.24. The maximum atomic E-state index is 13.8.